The summed E-state index contributed by atoms with van der Waals surface area (Å²) in [6.45, 7) is 0.476. The van der Waals surface area contributed by atoms with Gasteiger partial charge in [-0.1, -0.05) is 23.7 Å². The zero-order valence-corrected chi connectivity index (χ0v) is 18.5. The van der Waals surface area contributed by atoms with Gasteiger partial charge in [-0.3, -0.25) is 0 Å². The van der Waals surface area contributed by atoms with Gasteiger partial charge in [-0.2, -0.15) is 13.2 Å². The summed E-state index contributed by atoms with van der Waals surface area (Å²) in [5.74, 6) is 1.34. The Morgan fingerprint density at radius 3 is 2.34 bits per heavy atom. The summed E-state index contributed by atoms with van der Waals surface area (Å²) in [6.07, 6.45) is -0.893. The molecular formula is C22H20ClF3N2O3S. The van der Waals surface area contributed by atoms with Gasteiger partial charge in [-0.25, -0.2) is 8.42 Å². The Morgan fingerprint density at radius 2 is 1.72 bits per heavy atom. The molecule has 0 N–H and O–H groups in total. The summed E-state index contributed by atoms with van der Waals surface area (Å²) in [7, 11) is -3.46. The summed E-state index contributed by atoms with van der Waals surface area (Å²) in [4.78, 5) is 2.16. The van der Waals surface area contributed by atoms with E-state index < -0.39 is 32.2 Å². The minimum Gasteiger partial charge on any atom is -0.457 e. The predicted octanol–water partition coefficient (Wildman–Crippen LogP) is 5.39. The van der Waals surface area contributed by atoms with Gasteiger partial charge in [0.2, 0.25) is 0 Å². The van der Waals surface area contributed by atoms with Crippen LogP contribution in [0.4, 0.5) is 13.2 Å². The Morgan fingerprint density at radius 1 is 1.06 bits per heavy atom. The van der Waals surface area contributed by atoms with Crippen LogP contribution in [0.1, 0.15) is 36.8 Å². The molecule has 6 rings (SSSR count). The van der Waals surface area contributed by atoms with E-state index in [1.54, 1.807) is 12.1 Å². The molecule has 5 nitrogen and oxygen atoms in total. The first-order chi connectivity index (χ1) is 15.1. The number of piperidine rings is 2. The fourth-order valence-electron chi connectivity index (χ4n) is 5.08. The average molecular weight is 485 g/mol. The SMILES string of the molecule is O=S1(=O)CCN2C(=N1)C1(c3ccc(Oc4ccc(C(F)(F)F)c(Cl)c4)cc3)CCC2CC1. The smallest absolute Gasteiger partial charge is 0.417 e. The normalized spacial score (nSPS) is 26.4. The highest BCUT2D eigenvalue weighted by Crippen LogP contribution is 2.49. The van der Waals surface area contributed by atoms with Gasteiger partial charge < -0.3 is 9.64 Å². The Kier molecular flexibility index (Phi) is 4.98. The number of hydrogen-bond acceptors (Lipinski definition) is 4. The maximum Gasteiger partial charge on any atom is 0.417 e. The van der Waals surface area contributed by atoms with Crippen molar-refractivity contribution >= 4 is 27.5 Å². The molecule has 0 aromatic heterocycles. The van der Waals surface area contributed by atoms with Crippen LogP contribution in [0.3, 0.4) is 0 Å². The molecule has 0 amide bonds. The lowest BCUT2D eigenvalue weighted by molar-refractivity contribution is -0.137. The van der Waals surface area contributed by atoms with Crippen molar-refractivity contribution in [3.63, 3.8) is 0 Å². The summed E-state index contributed by atoms with van der Waals surface area (Å²) in [5.41, 5.74) is -0.394. The van der Waals surface area contributed by atoms with Gasteiger partial charge in [0.1, 0.15) is 17.3 Å². The van der Waals surface area contributed by atoms with Crippen LogP contribution in [0.15, 0.2) is 46.9 Å². The Balaban J connectivity index is 1.42. The number of benzene rings is 2. The molecule has 1 saturated carbocycles. The van der Waals surface area contributed by atoms with E-state index in [-0.39, 0.29) is 11.5 Å². The third-order valence-electron chi connectivity index (χ3n) is 6.65. The molecule has 170 valence electrons. The van der Waals surface area contributed by atoms with Gasteiger partial charge >= 0.3 is 6.18 Å². The second-order valence-corrected chi connectivity index (χ2v) is 10.6. The monoisotopic (exact) mass is 484 g/mol. The lowest BCUT2D eigenvalue weighted by Crippen LogP contribution is -2.62. The number of ether oxygens (including phenoxy) is 1. The molecule has 3 aliphatic heterocycles. The highest BCUT2D eigenvalue weighted by atomic mass is 35.5. The molecule has 0 unspecified atom stereocenters. The van der Waals surface area contributed by atoms with Crippen molar-refractivity contribution in [3.8, 4) is 11.5 Å². The van der Waals surface area contributed by atoms with Crippen LogP contribution < -0.4 is 4.74 Å². The van der Waals surface area contributed by atoms with Crippen LogP contribution in [0.25, 0.3) is 0 Å². The Bertz CT molecular complexity index is 1190. The van der Waals surface area contributed by atoms with Crippen LogP contribution in [0.2, 0.25) is 5.02 Å². The molecule has 3 fully saturated rings. The zero-order chi connectivity index (χ0) is 22.7. The molecule has 0 spiro atoms. The molecule has 0 atom stereocenters. The number of alkyl halides is 3. The number of sulfonamides is 1. The number of amidine groups is 1. The Labute approximate surface area is 188 Å². The van der Waals surface area contributed by atoms with E-state index in [2.05, 4.69) is 9.30 Å². The van der Waals surface area contributed by atoms with E-state index in [1.165, 1.54) is 6.07 Å². The van der Waals surface area contributed by atoms with Gasteiger partial charge in [-0.15, -0.1) is 4.40 Å². The number of halogens is 4. The molecule has 10 heteroatoms. The molecule has 4 aliphatic rings. The lowest BCUT2D eigenvalue weighted by Gasteiger charge is -2.55. The summed E-state index contributed by atoms with van der Waals surface area (Å²) < 4.78 is 73.0. The summed E-state index contributed by atoms with van der Waals surface area (Å²) in [6, 6.07) is 10.8. The van der Waals surface area contributed by atoms with Crippen molar-refractivity contribution in [1.82, 2.24) is 4.90 Å². The van der Waals surface area contributed by atoms with Gasteiger partial charge in [0.05, 0.1) is 21.8 Å². The van der Waals surface area contributed by atoms with E-state index in [0.29, 0.717) is 24.2 Å². The second kappa shape index (κ2) is 7.38. The molecule has 2 saturated heterocycles. The number of rotatable bonds is 3. The van der Waals surface area contributed by atoms with Crippen LogP contribution in [-0.4, -0.2) is 37.5 Å². The standard InChI is InChI=1S/C22H20ClF3N2O3S/c23-19-13-17(5-6-18(19)22(24,25)26)31-16-3-1-14(2-4-16)21-9-7-15(8-10-21)28-11-12-32(29,30)27-20(21)28/h1-6,13,15H,7-12H2. The van der Waals surface area contributed by atoms with Gasteiger partial charge in [0.15, 0.2) is 0 Å². The predicted molar refractivity (Wildman–Crippen MR) is 115 cm³/mol. The number of hydrogen-bond donors (Lipinski definition) is 0. The van der Waals surface area contributed by atoms with Crippen molar-refractivity contribution < 1.29 is 26.3 Å². The molecule has 32 heavy (non-hydrogen) atoms. The molecule has 2 bridgehead atoms. The fraction of sp³-hybridized carbons (Fsp3) is 0.409. The third kappa shape index (κ3) is 3.65. The van der Waals surface area contributed by atoms with Crippen LogP contribution >= 0.6 is 11.6 Å². The quantitative estimate of drug-likeness (QED) is 0.586. The van der Waals surface area contributed by atoms with Crippen molar-refractivity contribution in [2.75, 3.05) is 12.3 Å². The van der Waals surface area contributed by atoms with E-state index in [0.717, 1.165) is 43.4 Å². The van der Waals surface area contributed by atoms with Crippen molar-refractivity contribution in [1.29, 1.82) is 0 Å². The highest BCUT2D eigenvalue weighted by molar-refractivity contribution is 7.90. The van der Waals surface area contributed by atoms with E-state index in [4.69, 9.17) is 16.3 Å². The van der Waals surface area contributed by atoms with Crippen LogP contribution in [0.5, 0.6) is 11.5 Å². The highest BCUT2D eigenvalue weighted by Gasteiger charge is 2.52. The maximum atomic E-state index is 12.9. The second-order valence-electron chi connectivity index (χ2n) is 8.47. The summed E-state index contributed by atoms with van der Waals surface area (Å²) >= 11 is 5.77. The average Bonchev–Trinajstić information content (AvgIpc) is 2.73. The minimum absolute atomic E-state index is 0.0472. The first-order valence-corrected chi connectivity index (χ1v) is 12.3. The topological polar surface area (TPSA) is 59.0 Å². The van der Waals surface area contributed by atoms with Gasteiger partial charge in [0, 0.05) is 18.7 Å². The maximum absolute atomic E-state index is 12.9. The molecule has 2 aromatic rings. The molecule has 1 aliphatic carbocycles. The largest absolute Gasteiger partial charge is 0.457 e. The van der Waals surface area contributed by atoms with Gasteiger partial charge in [0.25, 0.3) is 10.0 Å². The van der Waals surface area contributed by atoms with Crippen LogP contribution in [-0.2, 0) is 21.6 Å². The molecule has 3 heterocycles. The number of fused-ring (bicyclic) bond motifs is 2. The molecule has 0 radical (unpaired) electrons. The lowest BCUT2D eigenvalue weighted by atomic mass is 9.63. The van der Waals surface area contributed by atoms with Gasteiger partial charge in [-0.05, 0) is 55.5 Å². The molecule has 2 aromatic carbocycles. The van der Waals surface area contributed by atoms with Crippen molar-refractivity contribution in [2.45, 2.75) is 43.3 Å². The van der Waals surface area contributed by atoms with Crippen molar-refractivity contribution in [3.05, 3.63) is 58.6 Å². The van der Waals surface area contributed by atoms with E-state index in [1.807, 2.05) is 12.1 Å². The summed E-state index contributed by atoms with van der Waals surface area (Å²) in [5, 5.41) is -0.430. The molecular weight excluding hydrogens is 465 g/mol. The Hall–Kier alpha value is -2.26. The van der Waals surface area contributed by atoms with E-state index in [9.17, 15) is 21.6 Å². The van der Waals surface area contributed by atoms with E-state index >= 15 is 0 Å². The zero-order valence-electron chi connectivity index (χ0n) is 16.9. The first kappa shape index (κ1) is 21.6. The number of nitrogens with zero attached hydrogens (tertiary/aromatic N) is 2. The fourth-order valence-corrected chi connectivity index (χ4v) is 6.42. The first-order valence-electron chi connectivity index (χ1n) is 10.3. The minimum atomic E-state index is -4.53. The van der Waals surface area contributed by atoms with Crippen LogP contribution in [0, 0.1) is 0 Å². The van der Waals surface area contributed by atoms with Crippen molar-refractivity contribution in [2.24, 2.45) is 4.40 Å². The third-order valence-corrected chi connectivity index (χ3v) is 8.12.